The van der Waals surface area contributed by atoms with E-state index in [9.17, 15) is 9.90 Å². The molecular weight excluding hydrogens is 328 g/mol. The summed E-state index contributed by atoms with van der Waals surface area (Å²) in [5.41, 5.74) is 0.413. The lowest BCUT2D eigenvalue weighted by molar-refractivity contribution is -0.148. The fourth-order valence-corrected chi connectivity index (χ4v) is 5.29. The Morgan fingerprint density at radius 1 is 1.27 bits per heavy atom. The minimum Gasteiger partial charge on any atom is -0.481 e. The van der Waals surface area contributed by atoms with Gasteiger partial charge in [0.25, 0.3) is 0 Å². The molecule has 4 rings (SSSR count). The van der Waals surface area contributed by atoms with Crippen molar-refractivity contribution in [1.29, 1.82) is 0 Å². The SMILES string of the molecule is CCCc1cc(N2C[C@@H]3CN(C4CCCC4)C[C@]3(C(=O)O)C2)nc(C)n1. The van der Waals surface area contributed by atoms with Gasteiger partial charge in [-0.15, -0.1) is 0 Å². The first-order chi connectivity index (χ1) is 12.5. The van der Waals surface area contributed by atoms with Gasteiger partial charge in [0.15, 0.2) is 0 Å². The number of rotatable bonds is 5. The van der Waals surface area contributed by atoms with Crippen LogP contribution in [0.3, 0.4) is 0 Å². The van der Waals surface area contributed by atoms with E-state index in [1.807, 2.05) is 6.92 Å². The Hall–Kier alpha value is -1.69. The quantitative estimate of drug-likeness (QED) is 0.872. The Morgan fingerprint density at radius 2 is 2.04 bits per heavy atom. The fourth-order valence-electron chi connectivity index (χ4n) is 5.29. The van der Waals surface area contributed by atoms with Crippen molar-refractivity contribution in [3.8, 4) is 0 Å². The predicted molar refractivity (Wildman–Crippen MR) is 100 cm³/mol. The normalized spacial score (nSPS) is 29.5. The molecule has 3 heterocycles. The van der Waals surface area contributed by atoms with E-state index >= 15 is 0 Å². The van der Waals surface area contributed by atoms with Crippen LogP contribution < -0.4 is 4.90 Å². The second kappa shape index (κ2) is 6.80. The van der Waals surface area contributed by atoms with Gasteiger partial charge in [-0.1, -0.05) is 26.2 Å². The summed E-state index contributed by atoms with van der Waals surface area (Å²) >= 11 is 0. The first-order valence-corrected chi connectivity index (χ1v) is 10.1. The van der Waals surface area contributed by atoms with Crippen LogP contribution in [0.1, 0.15) is 50.5 Å². The number of carboxylic acids is 1. The Morgan fingerprint density at radius 3 is 2.69 bits per heavy atom. The maximum Gasteiger partial charge on any atom is 0.313 e. The zero-order valence-corrected chi connectivity index (χ0v) is 15.9. The maximum atomic E-state index is 12.3. The maximum absolute atomic E-state index is 12.3. The second-order valence-electron chi connectivity index (χ2n) is 8.42. The molecule has 2 saturated heterocycles. The average Bonchev–Trinajstić information content (AvgIpc) is 3.28. The molecule has 1 N–H and O–H groups in total. The Balaban J connectivity index is 1.56. The number of carbonyl (C=O) groups is 1. The van der Waals surface area contributed by atoms with Crippen molar-refractivity contribution < 1.29 is 9.90 Å². The highest BCUT2D eigenvalue weighted by molar-refractivity contribution is 5.78. The van der Waals surface area contributed by atoms with Gasteiger partial charge in [-0.25, -0.2) is 9.97 Å². The van der Waals surface area contributed by atoms with E-state index in [0.717, 1.165) is 43.3 Å². The summed E-state index contributed by atoms with van der Waals surface area (Å²) in [7, 11) is 0. The summed E-state index contributed by atoms with van der Waals surface area (Å²) in [5, 5.41) is 10.1. The van der Waals surface area contributed by atoms with Gasteiger partial charge in [0.05, 0.1) is 0 Å². The fraction of sp³-hybridized carbons (Fsp3) is 0.750. The van der Waals surface area contributed by atoms with E-state index in [-0.39, 0.29) is 5.92 Å². The van der Waals surface area contributed by atoms with Gasteiger partial charge in [-0.2, -0.15) is 0 Å². The summed E-state index contributed by atoms with van der Waals surface area (Å²) in [5.74, 6) is 1.24. The molecule has 0 amide bonds. The van der Waals surface area contributed by atoms with Crippen LogP contribution in [0.25, 0.3) is 0 Å². The van der Waals surface area contributed by atoms with Gasteiger partial charge in [-0.05, 0) is 26.2 Å². The monoisotopic (exact) mass is 358 g/mol. The Kier molecular flexibility index (Phi) is 4.63. The largest absolute Gasteiger partial charge is 0.481 e. The third-order valence-corrected chi connectivity index (χ3v) is 6.61. The van der Waals surface area contributed by atoms with E-state index in [2.05, 4.69) is 32.8 Å². The number of nitrogens with zero attached hydrogens (tertiary/aromatic N) is 4. The van der Waals surface area contributed by atoms with E-state index in [1.54, 1.807) is 0 Å². The summed E-state index contributed by atoms with van der Waals surface area (Å²) < 4.78 is 0. The number of anilines is 1. The lowest BCUT2D eigenvalue weighted by Gasteiger charge is -2.29. The highest BCUT2D eigenvalue weighted by atomic mass is 16.4. The molecule has 0 spiro atoms. The minimum absolute atomic E-state index is 0.186. The molecule has 1 aromatic rings. The van der Waals surface area contributed by atoms with Crippen LogP contribution >= 0.6 is 0 Å². The molecule has 142 valence electrons. The van der Waals surface area contributed by atoms with Crippen LogP contribution in [-0.2, 0) is 11.2 Å². The molecule has 6 nitrogen and oxygen atoms in total. The van der Waals surface area contributed by atoms with Gasteiger partial charge < -0.3 is 10.0 Å². The number of fused-ring (bicyclic) bond motifs is 1. The second-order valence-corrected chi connectivity index (χ2v) is 8.42. The summed E-state index contributed by atoms with van der Waals surface area (Å²) in [6.45, 7) is 7.04. The summed E-state index contributed by atoms with van der Waals surface area (Å²) in [6, 6.07) is 2.66. The highest BCUT2D eigenvalue weighted by Gasteiger charge is 2.58. The Labute approximate surface area is 155 Å². The molecule has 3 fully saturated rings. The van der Waals surface area contributed by atoms with Crippen molar-refractivity contribution in [1.82, 2.24) is 14.9 Å². The number of aliphatic carboxylic acids is 1. The average molecular weight is 358 g/mol. The molecular formula is C20H30N4O2. The van der Waals surface area contributed by atoms with E-state index in [0.29, 0.717) is 19.1 Å². The standard InChI is InChI=1S/C20H30N4O2/c1-3-6-16-9-18(22-14(2)21-16)24-11-15-10-23(17-7-4-5-8-17)12-20(15,13-24)19(25)26/h9,15,17H,3-8,10-13H2,1-2H3,(H,25,26)/t15-,20-/m0/s1. The molecule has 1 aromatic heterocycles. The van der Waals surface area contributed by atoms with Crippen molar-refractivity contribution in [3.05, 3.63) is 17.6 Å². The van der Waals surface area contributed by atoms with Gasteiger partial charge in [-0.3, -0.25) is 9.69 Å². The minimum atomic E-state index is -0.646. The summed E-state index contributed by atoms with van der Waals surface area (Å²) in [4.78, 5) is 26.1. The van der Waals surface area contributed by atoms with Crippen LogP contribution in [0.2, 0.25) is 0 Å². The molecule has 0 aromatic carbocycles. The van der Waals surface area contributed by atoms with Crippen LogP contribution in [-0.4, -0.2) is 58.2 Å². The molecule has 0 unspecified atom stereocenters. The molecule has 1 aliphatic carbocycles. The number of carboxylic acid groups (broad SMARTS) is 1. The zero-order valence-electron chi connectivity index (χ0n) is 15.9. The number of aryl methyl sites for hydroxylation is 2. The van der Waals surface area contributed by atoms with Crippen molar-refractivity contribution in [2.75, 3.05) is 31.1 Å². The molecule has 26 heavy (non-hydrogen) atoms. The van der Waals surface area contributed by atoms with Crippen LogP contribution in [0.4, 0.5) is 5.82 Å². The first kappa shape index (κ1) is 17.7. The molecule has 3 aliphatic rings. The van der Waals surface area contributed by atoms with Crippen LogP contribution in [0.15, 0.2) is 6.07 Å². The number of likely N-dealkylation sites (tertiary alicyclic amines) is 1. The zero-order chi connectivity index (χ0) is 18.3. The van der Waals surface area contributed by atoms with E-state index < -0.39 is 11.4 Å². The number of hydrogen-bond acceptors (Lipinski definition) is 5. The van der Waals surface area contributed by atoms with Crippen LogP contribution in [0.5, 0.6) is 0 Å². The molecule has 2 atom stereocenters. The van der Waals surface area contributed by atoms with Gasteiger partial charge >= 0.3 is 5.97 Å². The highest BCUT2D eigenvalue weighted by Crippen LogP contribution is 2.46. The first-order valence-electron chi connectivity index (χ1n) is 10.1. The van der Waals surface area contributed by atoms with E-state index in [1.165, 1.54) is 25.7 Å². The van der Waals surface area contributed by atoms with Crippen molar-refractivity contribution in [3.63, 3.8) is 0 Å². The van der Waals surface area contributed by atoms with Crippen LogP contribution in [0, 0.1) is 18.3 Å². The number of aromatic nitrogens is 2. The van der Waals surface area contributed by atoms with Gasteiger partial charge in [0.2, 0.25) is 0 Å². The Bertz CT molecular complexity index is 688. The lowest BCUT2D eigenvalue weighted by Crippen LogP contribution is -2.42. The van der Waals surface area contributed by atoms with Crippen molar-refractivity contribution in [2.45, 2.75) is 58.4 Å². The molecule has 0 radical (unpaired) electrons. The molecule has 0 bridgehead atoms. The molecule has 2 aliphatic heterocycles. The lowest BCUT2D eigenvalue weighted by atomic mass is 9.81. The molecule has 6 heteroatoms. The third-order valence-electron chi connectivity index (χ3n) is 6.61. The van der Waals surface area contributed by atoms with E-state index in [4.69, 9.17) is 0 Å². The third kappa shape index (κ3) is 2.98. The molecule has 1 saturated carbocycles. The van der Waals surface area contributed by atoms with Gasteiger partial charge in [0, 0.05) is 49.9 Å². The van der Waals surface area contributed by atoms with Crippen molar-refractivity contribution in [2.24, 2.45) is 11.3 Å². The summed E-state index contributed by atoms with van der Waals surface area (Å²) in [6.07, 6.45) is 7.03. The van der Waals surface area contributed by atoms with Gasteiger partial charge in [0.1, 0.15) is 17.1 Å². The number of hydrogen-bond donors (Lipinski definition) is 1. The predicted octanol–water partition coefficient (Wildman–Crippen LogP) is 2.50. The topological polar surface area (TPSA) is 69.6 Å². The van der Waals surface area contributed by atoms with Crippen molar-refractivity contribution >= 4 is 11.8 Å². The smallest absolute Gasteiger partial charge is 0.313 e.